The molecule has 1 aliphatic heterocycles. The summed E-state index contributed by atoms with van der Waals surface area (Å²) < 4.78 is 5.17. The molecule has 1 aliphatic rings. The summed E-state index contributed by atoms with van der Waals surface area (Å²) in [7, 11) is 1.70. The van der Waals surface area contributed by atoms with E-state index in [1.807, 2.05) is 6.07 Å². The number of hydrogen-bond donors (Lipinski definition) is 1. The molecule has 0 aliphatic carbocycles. The van der Waals surface area contributed by atoms with Gasteiger partial charge in [-0.15, -0.1) is 0 Å². The summed E-state index contributed by atoms with van der Waals surface area (Å²) in [5.41, 5.74) is 2.64. The van der Waals surface area contributed by atoms with Gasteiger partial charge in [-0.05, 0) is 24.0 Å². The molecule has 70 valence electrons. The Balaban J connectivity index is 2.31. The van der Waals surface area contributed by atoms with Gasteiger partial charge in [0, 0.05) is 18.3 Å². The van der Waals surface area contributed by atoms with Crippen molar-refractivity contribution >= 4 is 5.69 Å². The molecule has 0 radical (unpaired) electrons. The van der Waals surface area contributed by atoms with Crippen LogP contribution in [0.3, 0.4) is 0 Å². The topological polar surface area (TPSA) is 21.3 Å². The Morgan fingerprint density at radius 1 is 1.46 bits per heavy atom. The van der Waals surface area contributed by atoms with Crippen molar-refractivity contribution in [1.29, 1.82) is 0 Å². The van der Waals surface area contributed by atoms with E-state index in [1.165, 1.54) is 17.7 Å². The van der Waals surface area contributed by atoms with Crippen molar-refractivity contribution in [2.45, 2.75) is 13.3 Å². The maximum atomic E-state index is 5.17. The van der Waals surface area contributed by atoms with Gasteiger partial charge in [-0.1, -0.05) is 13.0 Å². The van der Waals surface area contributed by atoms with Crippen LogP contribution in [0.2, 0.25) is 0 Å². The zero-order valence-corrected chi connectivity index (χ0v) is 8.13. The average molecular weight is 177 g/mol. The lowest BCUT2D eigenvalue weighted by Gasteiger charge is -2.23. The number of ether oxygens (including phenoxy) is 1. The highest BCUT2D eigenvalue weighted by Crippen LogP contribution is 2.28. The summed E-state index contributed by atoms with van der Waals surface area (Å²) in [6.07, 6.45) is 1.17. The predicted molar refractivity (Wildman–Crippen MR) is 54.4 cm³/mol. The van der Waals surface area contributed by atoms with Gasteiger partial charge in [0.15, 0.2) is 0 Å². The van der Waals surface area contributed by atoms with Gasteiger partial charge in [-0.3, -0.25) is 0 Å². The molecule has 13 heavy (non-hydrogen) atoms. The largest absolute Gasteiger partial charge is 0.497 e. The van der Waals surface area contributed by atoms with Crippen LogP contribution in [0, 0.1) is 5.92 Å². The molecule has 1 N–H and O–H groups in total. The molecule has 1 heterocycles. The van der Waals surface area contributed by atoms with E-state index in [4.69, 9.17) is 4.74 Å². The van der Waals surface area contributed by atoms with E-state index < -0.39 is 0 Å². The van der Waals surface area contributed by atoms with Crippen molar-refractivity contribution in [3.05, 3.63) is 23.8 Å². The van der Waals surface area contributed by atoms with Crippen molar-refractivity contribution < 1.29 is 4.74 Å². The first-order valence-corrected chi connectivity index (χ1v) is 4.70. The third kappa shape index (κ3) is 1.62. The highest BCUT2D eigenvalue weighted by molar-refractivity contribution is 5.56. The van der Waals surface area contributed by atoms with Crippen LogP contribution in [0.5, 0.6) is 5.75 Å². The first kappa shape index (κ1) is 8.42. The highest BCUT2D eigenvalue weighted by atomic mass is 16.5. The van der Waals surface area contributed by atoms with E-state index in [9.17, 15) is 0 Å². The van der Waals surface area contributed by atoms with Crippen LogP contribution in [-0.2, 0) is 6.42 Å². The Morgan fingerprint density at radius 3 is 3.08 bits per heavy atom. The number of fused-ring (bicyclic) bond motifs is 1. The molecule has 2 nitrogen and oxygen atoms in total. The molecular formula is C11H15NO. The number of methoxy groups -OCH3 is 1. The second-order valence-electron chi connectivity index (χ2n) is 3.71. The Hall–Kier alpha value is -1.18. The second kappa shape index (κ2) is 3.29. The van der Waals surface area contributed by atoms with Crippen molar-refractivity contribution in [2.75, 3.05) is 19.0 Å². The summed E-state index contributed by atoms with van der Waals surface area (Å²) in [6, 6.07) is 6.25. The van der Waals surface area contributed by atoms with Crippen LogP contribution < -0.4 is 10.1 Å². The minimum atomic E-state index is 0.737. The predicted octanol–water partition coefficient (Wildman–Crippen LogP) is 2.30. The van der Waals surface area contributed by atoms with Crippen LogP contribution >= 0.6 is 0 Å². The lowest BCUT2D eigenvalue weighted by Crippen LogP contribution is -2.20. The number of hydrogen-bond acceptors (Lipinski definition) is 2. The first-order chi connectivity index (χ1) is 6.29. The number of benzene rings is 1. The molecule has 1 aromatic rings. The summed E-state index contributed by atoms with van der Waals surface area (Å²) in [5.74, 6) is 1.67. The summed E-state index contributed by atoms with van der Waals surface area (Å²) in [5, 5.41) is 3.41. The molecule has 1 unspecified atom stereocenters. The molecule has 0 fully saturated rings. The third-order valence-corrected chi connectivity index (χ3v) is 2.53. The molecule has 1 aromatic carbocycles. The highest BCUT2D eigenvalue weighted by Gasteiger charge is 2.14. The van der Waals surface area contributed by atoms with E-state index in [0.717, 1.165) is 18.2 Å². The van der Waals surface area contributed by atoms with E-state index >= 15 is 0 Å². The first-order valence-electron chi connectivity index (χ1n) is 4.70. The molecule has 0 amide bonds. The fourth-order valence-corrected chi connectivity index (χ4v) is 1.76. The molecule has 1 atom stereocenters. The lowest BCUT2D eigenvalue weighted by molar-refractivity contribution is 0.414. The third-order valence-electron chi connectivity index (χ3n) is 2.53. The Kier molecular flexibility index (Phi) is 2.13. The lowest BCUT2D eigenvalue weighted by atomic mass is 9.95. The molecule has 2 heteroatoms. The van der Waals surface area contributed by atoms with Crippen LogP contribution in [0.15, 0.2) is 18.2 Å². The smallest absolute Gasteiger partial charge is 0.120 e. The van der Waals surface area contributed by atoms with Crippen LogP contribution in [-0.4, -0.2) is 13.7 Å². The van der Waals surface area contributed by atoms with Crippen molar-refractivity contribution in [1.82, 2.24) is 0 Å². The molecular weight excluding hydrogens is 162 g/mol. The SMILES string of the molecule is COc1ccc2c(c1)NCC(C)C2. The Morgan fingerprint density at radius 2 is 2.31 bits per heavy atom. The van der Waals surface area contributed by atoms with Gasteiger partial charge in [-0.2, -0.15) is 0 Å². The van der Waals surface area contributed by atoms with Crippen molar-refractivity contribution in [3.63, 3.8) is 0 Å². The maximum Gasteiger partial charge on any atom is 0.120 e. The van der Waals surface area contributed by atoms with Gasteiger partial charge in [0.25, 0.3) is 0 Å². The van der Waals surface area contributed by atoms with Gasteiger partial charge >= 0.3 is 0 Å². The molecule has 0 aromatic heterocycles. The maximum absolute atomic E-state index is 5.17. The van der Waals surface area contributed by atoms with E-state index in [2.05, 4.69) is 24.4 Å². The van der Waals surface area contributed by atoms with Crippen LogP contribution in [0.25, 0.3) is 0 Å². The molecule has 0 saturated heterocycles. The molecule has 0 spiro atoms. The van der Waals surface area contributed by atoms with Crippen LogP contribution in [0.1, 0.15) is 12.5 Å². The molecule has 0 saturated carbocycles. The zero-order valence-electron chi connectivity index (χ0n) is 8.13. The van der Waals surface area contributed by atoms with E-state index in [-0.39, 0.29) is 0 Å². The minimum absolute atomic E-state index is 0.737. The molecule has 0 bridgehead atoms. The van der Waals surface area contributed by atoms with E-state index in [1.54, 1.807) is 7.11 Å². The normalized spacial score (nSPS) is 20.3. The Bertz CT molecular complexity index is 309. The van der Waals surface area contributed by atoms with Gasteiger partial charge in [-0.25, -0.2) is 0 Å². The quantitative estimate of drug-likeness (QED) is 0.710. The van der Waals surface area contributed by atoms with Gasteiger partial charge in [0.2, 0.25) is 0 Å². The minimum Gasteiger partial charge on any atom is -0.497 e. The number of nitrogens with one attached hydrogen (secondary N) is 1. The van der Waals surface area contributed by atoms with Crippen molar-refractivity contribution in [2.24, 2.45) is 5.92 Å². The average Bonchev–Trinajstić information content (AvgIpc) is 2.17. The van der Waals surface area contributed by atoms with Crippen molar-refractivity contribution in [3.8, 4) is 5.75 Å². The monoisotopic (exact) mass is 177 g/mol. The number of anilines is 1. The zero-order chi connectivity index (χ0) is 9.26. The Labute approximate surface area is 78.9 Å². The fraction of sp³-hybridized carbons (Fsp3) is 0.455. The van der Waals surface area contributed by atoms with Gasteiger partial charge in [0.05, 0.1) is 7.11 Å². The molecule has 2 rings (SSSR count). The van der Waals surface area contributed by atoms with Gasteiger partial charge in [0.1, 0.15) is 5.75 Å². The van der Waals surface area contributed by atoms with E-state index in [0.29, 0.717) is 0 Å². The number of rotatable bonds is 1. The van der Waals surface area contributed by atoms with Gasteiger partial charge < -0.3 is 10.1 Å². The standard InChI is InChI=1S/C11H15NO/c1-8-5-9-3-4-10(13-2)6-11(9)12-7-8/h3-4,6,8,12H,5,7H2,1-2H3. The summed E-state index contributed by atoms with van der Waals surface area (Å²) >= 11 is 0. The van der Waals surface area contributed by atoms with Crippen LogP contribution in [0.4, 0.5) is 5.69 Å². The summed E-state index contributed by atoms with van der Waals surface area (Å²) in [6.45, 7) is 3.33. The fourth-order valence-electron chi connectivity index (χ4n) is 1.76. The second-order valence-corrected chi connectivity index (χ2v) is 3.71. The summed E-state index contributed by atoms with van der Waals surface area (Å²) in [4.78, 5) is 0.